The highest BCUT2D eigenvalue weighted by Crippen LogP contribution is 2.52. The number of aromatic hydroxyl groups is 4. The lowest BCUT2D eigenvalue weighted by Gasteiger charge is -2.36. The number of hydrogen-bond donors (Lipinski definition) is 6. The van der Waals surface area contributed by atoms with Gasteiger partial charge in [-0.15, -0.1) is 0 Å². The number of carboxylic acid groups (broad SMARTS) is 1. The van der Waals surface area contributed by atoms with Crippen molar-refractivity contribution in [2.45, 2.75) is 58.7 Å². The van der Waals surface area contributed by atoms with Gasteiger partial charge in [0.2, 0.25) is 11.8 Å². The summed E-state index contributed by atoms with van der Waals surface area (Å²) < 4.78 is 7.13. The van der Waals surface area contributed by atoms with Crippen LogP contribution in [0, 0.1) is 6.92 Å². The minimum absolute atomic E-state index is 0.000633. The van der Waals surface area contributed by atoms with Gasteiger partial charge in [0.15, 0.2) is 0 Å². The molecule has 0 saturated carbocycles. The smallest absolute Gasteiger partial charge is 0.328 e. The van der Waals surface area contributed by atoms with Crippen LogP contribution in [0.1, 0.15) is 44.4 Å². The van der Waals surface area contributed by atoms with Crippen LogP contribution in [-0.4, -0.2) is 78.5 Å². The number of carbonyl (C=O) groups excluding carboxylic acids is 2. The molecule has 52 heavy (non-hydrogen) atoms. The van der Waals surface area contributed by atoms with Crippen LogP contribution in [0.15, 0.2) is 47.3 Å². The highest BCUT2D eigenvalue weighted by atomic mass is 16.5. The van der Waals surface area contributed by atoms with E-state index in [9.17, 15) is 44.7 Å². The normalized spacial score (nSPS) is 16.9. The molecule has 6 N–H and O–H groups in total. The van der Waals surface area contributed by atoms with Gasteiger partial charge in [-0.3, -0.25) is 14.4 Å². The maximum atomic E-state index is 14.5. The number of nitrogens with one attached hydrogen (secondary N) is 1. The fourth-order valence-corrected chi connectivity index (χ4v) is 7.55. The molecule has 268 valence electrons. The van der Waals surface area contributed by atoms with Crippen LogP contribution in [0.4, 0.5) is 0 Å². The lowest BCUT2D eigenvalue weighted by molar-refractivity contribution is -0.151. The van der Waals surface area contributed by atoms with Crippen molar-refractivity contribution in [1.29, 1.82) is 0 Å². The lowest BCUT2D eigenvalue weighted by atomic mass is 9.90. The molecule has 5 aromatic carbocycles. The van der Waals surface area contributed by atoms with E-state index in [2.05, 4.69) is 5.32 Å². The Balaban J connectivity index is 1.52. The first-order valence-electron chi connectivity index (χ1n) is 16.8. The molecule has 1 aliphatic heterocycles. The molecule has 7 rings (SSSR count). The summed E-state index contributed by atoms with van der Waals surface area (Å²) in [5, 5.41) is 60.4. The minimum atomic E-state index is -1.31. The van der Waals surface area contributed by atoms with Crippen LogP contribution in [0.5, 0.6) is 28.7 Å². The topological polar surface area (TPSA) is 199 Å². The number of carboxylic acids is 1. The zero-order valence-corrected chi connectivity index (χ0v) is 29.1. The molecule has 0 radical (unpaired) electrons. The molecule has 0 spiro atoms. The van der Waals surface area contributed by atoms with Crippen molar-refractivity contribution in [3.63, 3.8) is 0 Å². The number of aliphatic carboxylic acids is 1. The number of phenolic OH excluding ortho intramolecular Hbond substituents is 4. The molecule has 3 unspecified atom stereocenters. The fourth-order valence-electron chi connectivity index (χ4n) is 7.55. The first-order valence-corrected chi connectivity index (χ1v) is 16.8. The van der Waals surface area contributed by atoms with Gasteiger partial charge in [-0.25, -0.2) is 4.79 Å². The number of pyridine rings is 1. The Kier molecular flexibility index (Phi) is 8.04. The fraction of sp³-hybridized carbons (Fsp3) is 0.282. The molecule has 0 bridgehead atoms. The van der Waals surface area contributed by atoms with Crippen LogP contribution < -0.4 is 15.6 Å². The van der Waals surface area contributed by atoms with E-state index in [1.807, 2.05) is 20.8 Å². The Hall–Kier alpha value is -6.24. The standard InChI is InChI=1S/C39H37N3O10/c1-6-16(2)27-13-23-24(38(49)42(27)15-29(44)41-14-26(39(50)51)40-37(48)18(41)4)12-22-19(33(23)45)8-9-20-30(22)34(46)32-25(36(20)52-5)11-21-17(3)7-10-28(43)31(21)35(32)47/h7-13,16,18,26,43,45-47H,6,14-15H2,1-5H3,(H,40,48)(H,50,51). The Bertz CT molecular complexity index is 2630. The molecule has 1 fully saturated rings. The van der Waals surface area contributed by atoms with E-state index < -0.39 is 42.0 Å². The monoisotopic (exact) mass is 707 g/mol. The number of piperazine rings is 1. The van der Waals surface area contributed by atoms with Crippen LogP contribution in [0.2, 0.25) is 0 Å². The predicted molar refractivity (Wildman–Crippen MR) is 196 cm³/mol. The van der Waals surface area contributed by atoms with Crippen LogP contribution in [0.25, 0.3) is 53.9 Å². The number of hydrogen-bond acceptors (Lipinski definition) is 9. The Morgan fingerprint density at radius 3 is 2.21 bits per heavy atom. The first-order chi connectivity index (χ1) is 24.7. The number of benzene rings is 5. The molecule has 3 atom stereocenters. The van der Waals surface area contributed by atoms with Gasteiger partial charge in [0, 0.05) is 32.6 Å². The number of aromatic nitrogens is 1. The van der Waals surface area contributed by atoms with Crippen molar-refractivity contribution in [3.05, 3.63) is 64.1 Å². The van der Waals surface area contributed by atoms with Crippen molar-refractivity contribution >= 4 is 71.6 Å². The van der Waals surface area contributed by atoms with E-state index in [0.717, 1.165) is 10.5 Å². The first kappa shape index (κ1) is 34.2. The van der Waals surface area contributed by atoms with Crippen molar-refractivity contribution in [2.24, 2.45) is 0 Å². The predicted octanol–water partition coefficient (Wildman–Crippen LogP) is 5.07. The number of rotatable bonds is 6. The Morgan fingerprint density at radius 2 is 1.54 bits per heavy atom. The zero-order chi connectivity index (χ0) is 37.5. The van der Waals surface area contributed by atoms with Crippen molar-refractivity contribution < 1.29 is 44.7 Å². The minimum Gasteiger partial charge on any atom is -0.507 e. The number of methoxy groups -OCH3 is 1. The van der Waals surface area contributed by atoms with E-state index >= 15 is 0 Å². The molecular formula is C39H37N3O10. The maximum Gasteiger partial charge on any atom is 0.328 e. The van der Waals surface area contributed by atoms with E-state index in [1.54, 1.807) is 30.3 Å². The van der Waals surface area contributed by atoms with Crippen LogP contribution in [0.3, 0.4) is 0 Å². The van der Waals surface area contributed by atoms with Crippen LogP contribution in [-0.2, 0) is 20.9 Å². The number of amides is 2. The van der Waals surface area contributed by atoms with Gasteiger partial charge in [0.05, 0.1) is 29.8 Å². The van der Waals surface area contributed by atoms with Gasteiger partial charge >= 0.3 is 5.97 Å². The number of aryl methyl sites for hydroxylation is 1. The maximum absolute atomic E-state index is 14.5. The van der Waals surface area contributed by atoms with E-state index in [-0.39, 0.29) is 67.8 Å². The molecule has 13 heteroatoms. The molecule has 2 heterocycles. The number of fused-ring (bicyclic) bond motifs is 6. The van der Waals surface area contributed by atoms with Crippen molar-refractivity contribution in [2.75, 3.05) is 13.7 Å². The average Bonchev–Trinajstić information content (AvgIpc) is 3.11. The lowest BCUT2D eigenvalue weighted by Crippen LogP contribution is -2.63. The molecule has 1 aromatic heterocycles. The number of nitrogens with zero attached hydrogens (tertiary/aromatic N) is 2. The molecule has 2 amide bonds. The summed E-state index contributed by atoms with van der Waals surface area (Å²) in [5.41, 5.74) is 0.601. The van der Waals surface area contributed by atoms with Gasteiger partial charge in [0.25, 0.3) is 5.56 Å². The molecule has 13 nitrogen and oxygen atoms in total. The third kappa shape index (κ3) is 4.90. The van der Waals surface area contributed by atoms with E-state index in [1.165, 1.54) is 30.7 Å². The van der Waals surface area contributed by atoms with E-state index in [4.69, 9.17) is 4.74 Å². The molecule has 0 aliphatic carbocycles. The third-order valence-corrected chi connectivity index (χ3v) is 10.6. The summed E-state index contributed by atoms with van der Waals surface area (Å²) >= 11 is 0. The van der Waals surface area contributed by atoms with Gasteiger partial charge in [-0.05, 0) is 78.9 Å². The second-order valence-corrected chi connectivity index (χ2v) is 13.5. The summed E-state index contributed by atoms with van der Waals surface area (Å²) in [5.74, 6) is -3.68. The summed E-state index contributed by atoms with van der Waals surface area (Å²) in [6.07, 6.45) is 0.579. The van der Waals surface area contributed by atoms with Gasteiger partial charge in [-0.1, -0.05) is 19.9 Å². The Morgan fingerprint density at radius 1 is 0.865 bits per heavy atom. The highest BCUT2D eigenvalue weighted by molar-refractivity contribution is 6.26. The van der Waals surface area contributed by atoms with Crippen molar-refractivity contribution in [3.8, 4) is 28.7 Å². The number of phenols is 4. The SMILES string of the molecule is CCC(C)c1cc2c(O)c3ccc4c(OC)c5cc6c(C)ccc(O)c6c(O)c5c(O)c4c3cc2c(=O)n1CC(=O)N1CC(C(=O)O)NC(=O)C1C. The summed E-state index contributed by atoms with van der Waals surface area (Å²) in [7, 11) is 1.45. The second-order valence-electron chi connectivity index (χ2n) is 13.5. The van der Waals surface area contributed by atoms with Gasteiger partial charge < -0.3 is 45.1 Å². The largest absolute Gasteiger partial charge is 0.507 e. The van der Waals surface area contributed by atoms with E-state index in [0.29, 0.717) is 39.4 Å². The second kappa shape index (κ2) is 12.2. The highest BCUT2D eigenvalue weighted by Gasteiger charge is 2.38. The van der Waals surface area contributed by atoms with Crippen molar-refractivity contribution in [1.82, 2.24) is 14.8 Å². The molecule has 1 saturated heterocycles. The molecule has 1 aliphatic rings. The summed E-state index contributed by atoms with van der Waals surface area (Å²) in [6, 6.07) is 9.08. The Labute approximate surface area is 295 Å². The van der Waals surface area contributed by atoms with Gasteiger partial charge in [0.1, 0.15) is 47.4 Å². The van der Waals surface area contributed by atoms with Crippen LogP contribution >= 0.6 is 0 Å². The zero-order valence-electron chi connectivity index (χ0n) is 29.1. The molecule has 6 aromatic rings. The molecular weight excluding hydrogens is 670 g/mol. The quantitative estimate of drug-likeness (QED) is 0.100. The number of ether oxygens (including phenoxy) is 1. The number of carbonyl (C=O) groups is 3. The third-order valence-electron chi connectivity index (χ3n) is 10.6. The average molecular weight is 708 g/mol. The summed E-state index contributed by atoms with van der Waals surface area (Å²) in [4.78, 5) is 53.7. The van der Waals surface area contributed by atoms with Gasteiger partial charge in [-0.2, -0.15) is 0 Å². The summed E-state index contributed by atoms with van der Waals surface area (Å²) in [6.45, 7) is 6.30.